The Kier molecular flexibility index (Phi) is 3.83. The topological polar surface area (TPSA) is 46.1 Å². The van der Waals surface area contributed by atoms with Gasteiger partial charge in [-0.2, -0.15) is 0 Å². The van der Waals surface area contributed by atoms with Gasteiger partial charge in [0.2, 0.25) is 5.91 Å². The predicted molar refractivity (Wildman–Crippen MR) is 88.2 cm³/mol. The van der Waals surface area contributed by atoms with Crippen LogP contribution in [-0.4, -0.2) is 15.9 Å². The van der Waals surface area contributed by atoms with Crippen LogP contribution in [0.1, 0.15) is 19.7 Å². The van der Waals surface area contributed by atoms with Crippen molar-refractivity contribution in [3.8, 4) is 0 Å². The molecular weight excluding hydrogens is 274 g/mol. The second kappa shape index (κ2) is 5.93. The largest absolute Gasteiger partial charge is 0.274 e. The highest BCUT2D eigenvalue weighted by molar-refractivity contribution is 6.00. The first kappa shape index (κ1) is 14.2. The van der Waals surface area contributed by atoms with Crippen LogP contribution < -0.4 is 4.90 Å². The van der Waals surface area contributed by atoms with E-state index in [0.717, 1.165) is 28.7 Å². The average molecular weight is 291 g/mol. The van der Waals surface area contributed by atoms with Crippen molar-refractivity contribution in [3.63, 3.8) is 0 Å². The summed E-state index contributed by atoms with van der Waals surface area (Å²) < 4.78 is 0. The van der Waals surface area contributed by atoms with Crippen molar-refractivity contribution in [2.45, 2.75) is 20.3 Å². The highest BCUT2D eigenvalue weighted by Crippen LogP contribution is 2.27. The van der Waals surface area contributed by atoms with E-state index in [-0.39, 0.29) is 5.91 Å². The van der Waals surface area contributed by atoms with Crippen molar-refractivity contribution in [1.29, 1.82) is 0 Å². The van der Waals surface area contributed by atoms with Crippen molar-refractivity contribution in [1.82, 2.24) is 9.97 Å². The van der Waals surface area contributed by atoms with Crippen LogP contribution in [0, 0.1) is 0 Å². The number of nitrogens with zero attached hydrogens (tertiary/aromatic N) is 3. The van der Waals surface area contributed by atoms with E-state index >= 15 is 0 Å². The third kappa shape index (κ3) is 2.68. The fourth-order valence-electron chi connectivity index (χ4n) is 2.47. The quantitative estimate of drug-likeness (QED) is 0.735. The summed E-state index contributed by atoms with van der Waals surface area (Å²) in [6.07, 6.45) is 2.43. The van der Waals surface area contributed by atoms with Gasteiger partial charge < -0.3 is 0 Å². The van der Waals surface area contributed by atoms with Gasteiger partial charge in [0.25, 0.3) is 0 Å². The van der Waals surface area contributed by atoms with E-state index in [1.807, 2.05) is 43.3 Å². The molecule has 0 N–H and O–H groups in total. The standard InChI is InChI=1S/C18H17N3O/c1-3-17-19-11-10-18(20-17)21(13(2)22)16-9-8-14-6-4-5-7-15(14)12-16/h4-12H,3H2,1-2H3. The first-order valence-electron chi connectivity index (χ1n) is 7.30. The second-order valence-electron chi connectivity index (χ2n) is 5.07. The highest BCUT2D eigenvalue weighted by Gasteiger charge is 2.16. The Hall–Kier alpha value is -2.75. The number of benzene rings is 2. The lowest BCUT2D eigenvalue weighted by atomic mass is 10.1. The van der Waals surface area contributed by atoms with Crippen LogP contribution in [-0.2, 0) is 11.2 Å². The molecule has 1 aromatic heterocycles. The highest BCUT2D eigenvalue weighted by atomic mass is 16.2. The molecule has 1 heterocycles. The molecule has 110 valence electrons. The summed E-state index contributed by atoms with van der Waals surface area (Å²) in [6.45, 7) is 3.54. The van der Waals surface area contributed by atoms with E-state index in [9.17, 15) is 4.79 Å². The number of amides is 1. The minimum Gasteiger partial charge on any atom is -0.274 e. The summed E-state index contributed by atoms with van der Waals surface area (Å²) in [5.74, 6) is 1.26. The second-order valence-corrected chi connectivity index (χ2v) is 5.07. The minimum absolute atomic E-state index is 0.0731. The normalized spacial score (nSPS) is 10.6. The third-order valence-electron chi connectivity index (χ3n) is 3.54. The number of carbonyl (C=O) groups excluding carboxylic acids is 1. The maximum Gasteiger partial charge on any atom is 0.229 e. The van der Waals surface area contributed by atoms with Crippen LogP contribution in [0.3, 0.4) is 0 Å². The van der Waals surface area contributed by atoms with Crippen molar-refractivity contribution in [2.24, 2.45) is 0 Å². The number of fused-ring (bicyclic) bond motifs is 1. The summed E-state index contributed by atoms with van der Waals surface area (Å²) in [6, 6.07) is 15.8. The number of rotatable bonds is 3. The molecule has 0 atom stereocenters. The monoisotopic (exact) mass is 291 g/mol. The Labute approximate surface area is 129 Å². The summed E-state index contributed by atoms with van der Waals surface area (Å²) in [5.41, 5.74) is 0.812. The first-order chi connectivity index (χ1) is 10.7. The van der Waals surface area contributed by atoms with Crippen molar-refractivity contribution in [3.05, 3.63) is 60.6 Å². The van der Waals surface area contributed by atoms with E-state index < -0.39 is 0 Å². The molecule has 0 aliphatic heterocycles. The van der Waals surface area contributed by atoms with Gasteiger partial charge in [0, 0.05) is 19.5 Å². The maximum atomic E-state index is 12.1. The Morgan fingerprint density at radius 3 is 2.59 bits per heavy atom. The fourth-order valence-corrected chi connectivity index (χ4v) is 2.47. The van der Waals surface area contributed by atoms with Gasteiger partial charge in [-0.1, -0.05) is 37.3 Å². The lowest BCUT2D eigenvalue weighted by Crippen LogP contribution is -2.24. The zero-order chi connectivity index (χ0) is 15.5. The van der Waals surface area contributed by atoms with Gasteiger partial charge in [0.1, 0.15) is 11.6 Å². The van der Waals surface area contributed by atoms with Crippen LogP contribution in [0.2, 0.25) is 0 Å². The zero-order valence-electron chi connectivity index (χ0n) is 12.7. The van der Waals surface area contributed by atoms with Crippen LogP contribution in [0.5, 0.6) is 0 Å². The average Bonchev–Trinajstić information content (AvgIpc) is 2.55. The molecule has 1 amide bonds. The molecule has 0 spiro atoms. The molecular formula is C18H17N3O. The molecule has 3 aromatic rings. The lowest BCUT2D eigenvalue weighted by molar-refractivity contribution is -0.115. The molecule has 0 fully saturated rings. The number of hydrogen-bond acceptors (Lipinski definition) is 3. The summed E-state index contributed by atoms with van der Waals surface area (Å²) in [7, 11) is 0. The van der Waals surface area contributed by atoms with Crippen LogP contribution in [0.25, 0.3) is 10.8 Å². The maximum absolute atomic E-state index is 12.1. The Morgan fingerprint density at radius 2 is 1.86 bits per heavy atom. The molecule has 3 rings (SSSR count). The Bertz CT molecular complexity index is 829. The number of aryl methyl sites for hydroxylation is 1. The molecule has 2 aromatic carbocycles. The smallest absolute Gasteiger partial charge is 0.229 e. The summed E-state index contributed by atoms with van der Waals surface area (Å²) in [5, 5.41) is 2.24. The van der Waals surface area contributed by atoms with Crippen LogP contribution in [0.15, 0.2) is 54.7 Å². The Balaban J connectivity index is 2.11. The van der Waals surface area contributed by atoms with Gasteiger partial charge in [-0.05, 0) is 29.0 Å². The first-order valence-corrected chi connectivity index (χ1v) is 7.30. The van der Waals surface area contributed by atoms with Crippen LogP contribution in [0.4, 0.5) is 11.5 Å². The van der Waals surface area contributed by atoms with Crippen molar-refractivity contribution >= 4 is 28.2 Å². The van der Waals surface area contributed by atoms with E-state index in [1.54, 1.807) is 24.1 Å². The fraction of sp³-hybridized carbons (Fsp3) is 0.167. The number of aromatic nitrogens is 2. The van der Waals surface area contributed by atoms with Crippen LogP contribution >= 0.6 is 0 Å². The molecule has 0 saturated carbocycles. The summed E-state index contributed by atoms with van der Waals surface area (Å²) in [4.78, 5) is 22.4. The molecule has 0 radical (unpaired) electrons. The van der Waals surface area contributed by atoms with Gasteiger partial charge >= 0.3 is 0 Å². The van der Waals surface area contributed by atoms with E-state index in [4.69, 9.17) is 0 Å². The van der Waals surface area contributed by atoms with Gasteiger partial charge in [-0.25, -0.2) is 9.97 Å². The number of anilines is 2. The van der Waals surface area contributed by atoms with E-state index in [2.05, 4.69) is 16.0 Å². The minimum atomic E-state index is -0.0731. The van der Waals surface area contributed by atoms with E-state index in [0.29, 0.717) is 5.82 Å². The summed E-state index contributed by atoms with van der Waals surface area (Å²) >= 11 is 0. The molecule has 4 heteroatoms. The molecule has 0 saturated heterocycles. The molecule has 0 unspecified atom stereocenters. The zero-order valence-corrected chi connectivity index (χ0v) is 12.7. The molecule has 4 nitrogen and oxygen atoms in total. The predicted octanol–water partition coefficient (Wildman–Crippen LogP) is 3.88. The van der Waals surface area contributed by atoms with Gasteiger partial charge in [0.05, 0.1) is 5.69 Å². The van der Waals surface area contributed by atoms with E-state index in [1.165, 1.54) is 0 Å². The lowest BCUT2D eigenvalue weighted by Gasteiger charge is -2.21. The molecule has 0 aliphatic rings. The third-order valence-corrected chi connectivity index (χ3v) is 3.54. The van der Waals surface area contributed by atoms with Crippen molar-refractivity contribution in [2.75, 3.05) is 4.90 Å². The Morgan fingerprint density at radius 1 is 1.09 bits per heavy atom. The van der Waals surface area contributed by atoms with Gasteiger partial charge in [0.15, 0.2) is 0 Å². The molecule has 0 bridgehead atoms. The molecule has 0 aliphatic carbocycles. The van der Waals surface area contributed by atoms with Gasteiger partial charge in [-0.15, -0.1) is 0 Å². The number of hydrogen-bond donors (Lipinski definition) is 0. The van der Waals surface area contributed by atoms with Gasteiger partial charge in [-0.3, -0.25) is 9.69 Å². The number of carbonyl (C=O) groups is 1. The molecule has 22 heavy (non-hydrogen) atoms. The van der Waals surface area contributed by atoms with Crippen molar-refractivity contribution < 1.29 is 4.79 Å². The SMILES string of the molecule is CCc1nccc(N(C(C)=O)c2ccc3ccccc3c2)n1.